The number of aliphatic hydroxyl groups is 1. The zero-order valence-electron chi connectivity index (χ0n) is 22.6. The van der Waals surface area contributed by atoms with E-state index in [1.807, 2.05) is 18.2 Å². The summed E-state index contributed by atoms with van der Waals surface area (Å²) in [5.74, 6) is -0.607. The van der Waals surface area contributed by atoms with E-state index in [4.69, 9.17) is 15.6 Å². The second kappa shape index (κ2) is 13.0. The zero-order chi connectivity index (χ0) is 28.8. The van der Waals surface area contributed by atoms with Gasteiger partial charge in [-0.2, -0.15) is 5.12 Å². The monoisotopic (exact) mass is 568 g/mol. The first-order valence-corrected chi connectivity index (χ1v) is 13.7. The molecule has 218 valence electrons. The van der Waals surface area contributed by atoms with Gasteiger partial charge in [-0.3, -0.25) is 15.2 Å². The molecule has 1 saturated heterocycles. The van der Waals surface area contributed by atoms with E-state index in [0.717, 1.165) is 51.4 Å². The number of carbonyl (C=O) groups is 1. The van der Waals surface area contributed by atoms with Crippen molar-refractivity contribution in [2.75, 3.05) is 49.8 Å². The van der Waals surface area contributed by atoms with Crippen molar-refractivity contribution in [2.24, 2.45) is 11.7 Å². The Hall–Kier alpha value is -4.23. The van der Waals surface area contributed by atoms with Gasteiger partial charge in [-0.05, 0) is 69.0 Å². The smallest absolute Gasteiger partial charge is 0.239 e. The maximum Gasteiger partial charge on any atom is 0.239 e. The lowest BCUT2D eigenvalue weighted by molar-refractivity contribution is -0.118. The van der Waals surface area contributed by atoms with Gasteiger partial charge in [0, 0.05) is 24.6 Å². The molecular weight excluding hydrogens is 534 g/mol. The summed E-state index contributed by atoms with van der Waals surface area (Å²) in [6.07, 6.45) is 7.00. The number of nitrogens with zero attached hydrogens (tertiary/aromatic N) is 5. The number of hydrazine groups is 2. The molecule has 3 aromatic rings. The summed E-state index contributed by atoms with van der Waals surface area (Å²) in [7, 11) is 0. The number of fused-ring (bicyclic) bond motifs is 1. The third kappa shape index (κ3) is 6.92. The number of amides is 1. The summed E-state index contributed by atoms with van der Waals surface area (Å²) < 4.78 is 34.4. The van der Waals surface area contributed by atoms with Crippen molar-refractivity contribution in [1.29, 1.82) is 0 Å². The van der Waals surface area contributed by atoms with Crippen LogP contribution in [0.3, 0.4) is 0 Å². The number of halogens is 2. The number of anilines is 2. The van der Waals surface area contributed by atoms with Crippen molar-refractivity contribution < 1.29 is 23.4 Å². The van der Waals surface area contributed by atoms with Crippen LogP contribution in [0.5, 0.6) is 5.75 Å². The zero-order valence-corrected chi connectivity index (χ0v) is 22.6. The second-order valence-corrected chi connectivity index (χ2v) is 10.1. The molecule has 11 nitrogen and oxygen atoms in total. The highest BCUT2D eigenvalue weighted by Crippen LogP contribution is 2.28. The largest absolute Gasteiger partial charge is 0.493 e. The number of ether oxygens (including phenoxy) is 1. The molecule has 13 heteroatoms. The van der Waals surface area contributed by atoms with Gasteiger partial charge in [-0.1, -0.05) is 6.07 Å². The topological polar surface area (TPSA) is 132 Å². The highest BCUT2D eigenvalue weighted by atomic mass is 19.2. The Morgan fingerprint density at radius 1 is 1.20 bits per heavy atom. The van der Waals surface area contributed by atoms with Crippen LogP contribution >= 0.6 is 0 Å². The SMILES string of the molecule is NC(=O)CN1C=C(Nc2ncnc3cc(OCCCN4CCC(CCO)CC4)ccc23)NN1c1cccc(F)c1F. The molecule has 0 spiro atoms. The van der Waals surface area contributed by atoms with E-state index in [9.17, 15) is 13.6 Å². The van der Waals surface area contributed by atoms with Gasteiger partial charge in [0.15, 0.2) is 11.6 Å². The number of benzene rings is 2. The minimum atomic E-state index is -1.08. The van der Waals surface area contributed by atoms with E-state index in [0.29, 0.717) is 40.8 Å². The first-order chi connectivity index (χ1) is 19.9. The Morgan fingerprint density at radius 3 is 2.80 bits per heavy atom. The van der Waals surface area contributed by atoms with Gasteiger partial charge in [0.05, 0.1) is 18.3 Å². The first kappa shape index (κ1) is 28.3. The van der Waals surface area contributed by atoms with Crippen molar-refractivity contribution in [3.05, 3.63) is 66.4 Å². The van der Waals surface area contributed by atoms with Gasteiger partial charge < -0.3 is 25.8 Å². The van der Waals surface area contributed by atoms with Crippen LogP contribution in [-0.2, 0) is 4.79 Å². The molecule has 0 aliphatic carbocycles. The first-order valence-electron chi connectivity index (χ1n) is 13.7. The van der Waals surface area contributed by atoms with E-state index >= 15 is 0 Å². The number of piperidine rings is 1. The van der Waals surface area contributed by atoms with Crippen LogP contribution in [-0.4, -0.2) is 70.3 Å². The third-order valence-corrected chi connectivity index (χ3v) is 7.23. The molecule has 1 aromatic heterocycles. The molecule has 3 heterocycles. The number of primary amides is 1. The molecule has 5 rings (SSSR count). The normalized spacial score (nSPS) is 16.1. The molecule has 2 aromatic carbocycles. The average molecular weight is 569 g/mol. The lowest BCUT2D eigenvalue weighted by atomic mass is 9.94. The Morgan fingerprint density at radius 2 is 2.02 bits per heavy atom. The summed E-state index contributed by atoms with van der Waals surface area (Å²) in [5, 5.41) is 15.5. The summed E-state index contributed by atoms with van der Waals surface area (Å²) in [6, 6.07) is 9.28. The van der Waals surface area contributed by atoms with E-state index in [1.165, 1.54) is 34.8 Å². The van der Waals surface area contributed by atoms with Crippen molar-refractivity contribution >= 4 is 28.3 Å². The van der Waals surface area contributed by atoms with Crippen LogP contribution in [0, 0.1) is 17.6 Å². The van der Waals surface area contributed by atoms with Crippen LogP contribution in [0.1, 0.15) is 25.7 Å². The number of nitrogens with one attached hydrogen (secondary N) is 2. The number of carbonyl (C=O) groups excluding carboxylic acids is 1. The Bertz CT molecular complexity index is 1400. The van der Waals surface area contributed by atoms with Crippen molar-refractivity contribution in [2.45, 2.75) is 25.7 Å². The van der Waals surface area contributed by atoms with Crippen molar-refractivity contribution in [1.82, 2.24) is 25.3 Å². The predicted octanol–water partition coefficient (Wildman–Crippen LogP) is 2.71. The molecule has 0 bridgehead atoms. The fraction of sp³-hybridized carbons (Fsp3) is 0.393. The van der Waals surface area contributed by atoms with E-state index < -0.39 is 17.5 Å². The molecule has 5 N–H and O–H groups in total. The molecule has 2 aliphatic heterocycles. The average Bonchev–Trinajstić information content (AvgIpc) is 3.34. The standard InChI is InChI=1S/C28H34F2N8O3/c29-22-3-1-4-24(27(22)30)38-35-26(17-37(38)16-25(31)40)34-28-21-6-5-20(15-23(21)32-18-33-28)41-14-2-10-36-11-7-19(8-12-36)9-13-39/h1,3-6,15,17-19,35,39H,2,7-14,16H2,(H2,31,40)(H,32,33,34). The predicted molar refractivity (Wildman–Crippen MR) is 150 cm³/mol. The number of aromatic nitrogens is 2. The second-order valence-electron chi connectivity index (χ2n) is 10.1. The Kier molecular flexibility index (Phi) is 8.95. The molecule has 1 amide bonds. The quantitative estimate of drug-likeness (QED) is 0.242. The van der Waals surface area contributed by atoms with Gasteiger partial charge in [0.1, 0.15) is 35.9 Å². The Balaban J connectivity index is 1.20. The number of rotatable bonds is 12. The van der Waals surface area contributed by atoms with Crippen LogP contribution in [0.4, 0.5) is 20.3 Å². The van der Waals surface area contributed by atoms with E-state index in [-0.39, 0.29) is 18.8 Å². The molecule has 41 heavy (non-hydrogen) atoms. The fourth-order valence-electron chi connectivity index (χ4n) is 5.12. The summed E-state index contributed by atoms with van der Waals surface area (Å²) in [6.45, 7) is 3.68. The van der Waals surface area contributed by atoms with Gasteiger partial charge in [-0.15, -0.1) is 0 Å². The molecule has 2 aliphatic rings. The van der Waals surface area contributed by atoms with Gasteiger partial charge in [0.25, 0.3) is 0 Å². The van der Waals surface area contributed by atoms with Gasteiger partial charge in [0.2, 0.25) is 5.91 Å². The van der Waals surface area contributed by atoms with Crippen LogP contribution in [0.15, 0.2) is 54.7 Å². The highest BCUT2D eigenvalue weighted by Gasteiger charge is 2.27. The lowest BCUT2D eigenvalue weighted by Crippen LogP contribution is -2.47. The lowest BCUT2D eigenvalue weighted by Gasteiger charge is -2.31. The minimum absolute atomic E-state index is 0.125. The number of nitrogens with two attached hydrogens (primary N) is 1. The fourth-order valence-corrected chi connectivity index (χ4v) is 5.12. The Labute approximate surface area is 236 Å². The third-order valence-electron chi connectivity index (χ3n) is 7.23. The summed E-state index contributed by atoms with van der Waals surface area (Å²) >= 11 is 0. The molecule has 0 saturated carbocycles. The maximum atomic E-state index is 14.5. The van der Waals surface area contributed by atoms with Crippen LogP contribution < -0.4 is 26.3 Å². The highest BCUT2D eigenvalue weighted by molar-refractivity contribution is 5.90. The van der Waals surface area contributed by atoms with Gasteiger partial charge in [-0.25, -0.2) is 18.7 Å². The maximum absolute atomic E-state index is 14.5. The molecule has 0 atom stereocenters. The number of likely N-dealkylation sites (tertiary alicyclic amines) is 1. The number of hydrogen-bond donors (Lipinski definition) is 4. The summed E-state index contributed by atoms with van der Waals surface area (Å²) in [5.41, 5.74) is 8.82. The molecule has 0 unspecified atom stereocenters. The van der Waals surface area contributed by atoms with Crippen molar-refractivity contribution in [3.63, 3.8) is 0 Å². The molecular formula is C28H34F2N8O3. The van der Waals surface area contributed by atoms with E-state index in [2.05, 4.69) is 25.6 Å². The van der Waals surface area contributed by atoms with Crippen molar-refractivity contribution in [3.8, 4) is 5.75 Å². The van der Waals surface area contributed by atoms with Gasteiger partial charge >= 0.3 is 0 Å². The minimum Gasteiger partial charge on any atom is -0.493 e. The van der Waals surface area contributed by atoms with E-state index in [1.54, 1.807) is 0 Å². The summed E-state index contributed by atoms with van der Waals surface area (Å²) in [4.78, 5) is 22.8. The van der Waals surface area contributed by atoms with Crippen LogP contribution in [0.25, 0.3) is 10.9 Å². The molecule has 1 fully saturated rings. The van der Waals surface area contributed by atoms with Crippen LogP contribution in [0.2, 0.25) is 0 Å². The number of hydrogen-bond acceptors (Lipinski definition) is 10. The number of aliphatic hydroxyl groups excluding tert-OH is 1. The molecule has 0 radical (unpaired) electrons.